The van der Waals surface area contributed by atoms with Crippen molar-refractivity contribution in [1.82, 2.24) is 10.6 Å². The summed E-state index contributed by atoms with van der Waals surface area (Å²) in [5.74, 6) is -1.06. The van der Waals surface area contributed by atoms with E-state index in [9.17, 15) is 14.4 Å². The summed E-state index contributed by atoms with van der Waals surface area (Å²) in [4.78, 5) is 36.4. The maximum absolute atomic E-state index is 12.6. The smallest absolute Gasteiger partial charge is 0.407 e. The van der Waals surface area contributed by atoms with E-state index in [-0.39, 0.29) is 11.8 Å². The second-order valence-corrected chi connectivity index (χ2v) is 7.60. The van der Waals surface area contributed by atoms with E-state index >= 15 is 0 Å². The highest BCUT2D eigenvalue weighted by Gasteiger charge is 2.26. The van der Waals surface area contributed by atoms with Crippen LogP contribution in [0.5, 0.6) is 0 Å². The molecule has 2 unspecified atom stereocenters. The normalized spacial score (nSPS) is 13.2. The van der Waals surface area contributed by atoms with Crippen LogP contribution in [0.4, 0.5) is 4.79 Å². The number of nitrogens with one attached hydrogen (secondary N) is 2. The third-order valence-corrected chi connectivity index (χ3v) is 4.11. The maximum atomic E-state index is 12.6. The lowest BCUT2D eigenvalue weighted by Crippen LogP contribution is -2.46. The number of rotatable bonds is 9. The monoisotopic (exact) mass is 392 g/mol. The van der Waals surface area contributed by atoms with Gasteiger partial charge >= 0.3 is 12.1 Å². The molecule has 0 saturated carbocycles. The van der Waals surface area contributed by atoms with Crippen molar-refractivity contribution in [3.8, 4) is 0 Å². The second kappa shape index (κ2) is 11.3. The van der Waals surface area contributed by atoms with Crippen LogP contribution in [0.2, 0.25) is 0 Å². The highest BCUT2D eigenvalue weighted by Crippen LogP contribution is 2.11. The molecule has 0 heterocycles. The molecule has 0 radical (unpaired) electrons. The molecule has 156 valence electrons. The van der Waals surface area contributed by atoms with Crippen molar-refractivity contribution in [2.75, 3.05) is 13.7 Å². The number of carbonyl (C=O) groups is 3. The molecular formula is C21H32N2O5. The minimum absolute atomic E-state index is 0.236. The van der Waals surface area contributed by atoms with Gasteiger partial charge in [0.05, 0.1) is 7.11 Å². The molecule has 0 bridgehead atoms. The van der Waals surface area contributed by atoms with Gasteiger partial charge in [-0.25, -0.2) is 9.59 Å². The molecule has 0 spiro atoms. The predicted molar refractivity (Wildman–Crippen MR) is 107 cm³/mol. The Hall–Kier alpha value is -2.57. The quantitative estimate of drug-likeness (QED) is 0.630. The van der Waals surface area contributed by atoms with Gasteiger partial charge in [-0.2, -0.15) is 0 Å². The molecule has 0 aliphatic carbocycles. The van der Waals surface area contributed by atoms with Gasteiger partial charge in [-0.3, -0.25) is 4.79 Å². The number of ether oxygens (including phenoxy) is 2. The third-order valence-electron chi connectivity index (χ3n) is 4.11. The van der Waals surface area contributed by atoms with E-state index in [0.717, 1.165) is 5.56 Å². The molecule has 0 fully saturated rings. The number of benzene rings is 1. The highest BCUT2D eigenvalue weighted by molar-refractivity contribution is 5.86. The number of esters is 1. The lowest BCUT2D eigenvalue weighted by molar-refractivity contribution is -0.145. The number of hydrogen-bond acceptors (Lipinski definition) is 5. The molecule has 0 aliphatic rings. The van der Waals surface area contributed by atoms with Gasteiger partial charge in [0.15, 0.2) is 0 Å². The molecular weight excluding hydrogens is 360 g/mol. The number of alkyl carbamates (subject to hydrolysis) is 1. The van der Waals surface area contributed by atoms with E-state index in [1.165, 1.54) is 7.11 Å². The Morgan fingerprint density at radius 3 is 2.29 bits per heavy atom. The first-order chi connectivity index (χ1) is 13.2. The summed E-state index contributed by atoms with van der Waals surface area (Å²) in [6, 6.07) is 8.67. The Morgan fingerprint density at radius 1 is 1.11 bits per heavy atom. The predicted octanol–water partition coefficient (Wildman–Crippen LogP) is 2.83. The molecule has 7 heteroatoms. The first kappa shape index (κ1) is 23.5. The molecule has 28 heavy (non-hydrogen) atoms. The molecule has 2 N–H and O–H groups in total. The zero-order valence-electron chi connectivity index (χ0n) is 17.4. The van der Waals surface area contributed by atoms with Crippen LogP contribution in [-0.4, -0.2) is 43.3 Å². The minimum Gasteiger partial charge on any atom is -0.467 e. The van der Waals surface area contributed by atoms with E-state index < -0.39 is 23.7 Å². The molecule has 7 nitrogen and oxygen atoms in total. The van der Waals surface area contributed by atoms with E-state index in [2.05, 4.69) is 10.6 Å². The summed E-state index contributed by atoms with van der Waals surface area (Å²) in [7, 11) is 1.30. The first-order valence-electron chi connectivity index (χ1n) is 9.55. The SMILES string of the molecule is CCC(CCNC(=O)OC(C)(C)C)C(=O)NC(Cc1ccccc1)C(=O)OC. The zero-order chi connectivity index (χ0) is 21.2. The third kappa shape index (κ3) is 8.88. The van der Waals surface area contributed by atoms with Gasteiger partial charge in [0, 0.05) is 18.9 Å². The highest BCUT2D eigenvalue weighted by atomic mass is 16.6. The first-order valence-corrected chi connectivity index (χ1v) is 9.55. The summed E-state index contributed by atoms with van der Waals surface area (Å²) >= 11 is 0. The van der Waals surface area contributed by atoms with E-state index in [4.69, 9.17) is 9.47 Å². The van der Waals surface area contributed by atoms with Gasteiger partial charge in [-0.1, -0.05) is 37.3 Å². The van der Waals surface area contributed by atoms with Crippen LogP contribution < -0.4 is 10.6 Å². The van der Waals surface area contributed by atoms with Gasteiger partial charge in [0.2, 0.25) is 5.91 Å². The summed E-state index contributed by atoms with van der Waals surface area (Å²) in [5.41, 5.74) is 0.356. The van der Waals surface area contributed by atoms with Crippen LogP contribution >= 0.6 is 0 Å². The molecule has 0 aliphatic heterocycles. The Morgan fingerprint density at radius 2 is 1.75 bits per heavy atom. The molecule has 1 aromatic rings. The number of carbonyl (C=O) groups excluding carboxylic acids is 3. The van der Waals surface area contributed by atoms with E-state index in [1.54, 1.807) is 20.8 Å². The van der Waals surface area contributed by atoms with Crippen molar-refractivity contribution < 1.29 is 23.9 Å². The van der Waals surface area contributed by atoms with Gasteiger partial charge in [0.25, 0.3) is 0 Å². The van der Waals surface area contributed by atoms with Crippen molar-refractivity contribution in [3.05, 3.63) is 35.9 Å². The number of hydrogen-bond donors (Lipinski definition) is 2. The van der Waals surface area contributed by atoms with Crippen LogP contribution in [0.3, 0.4) is 0 Å². The summed E-state index contributed by atoms with van der Waals surface area (Å²) < 4.78 is 10.0. The van der Waals surface area contributed by atoms with Crippen molar-refractivity contribution in [2.24, 2.45) is 5.92 Å². The average molecular weight is 392 g/mol. The Bertz CT molecular complexity index is 640. The van der Waals surface area contributed by atoms with Crippen LogP contribution in [0, 0.1) is 5.92 Å². The molecule has 2 atom stereocenters. The molecule has 2 amide bonds. The fourth-order valence-corrected chi connectivity index (χ4v) is 2.66. The van der Waals surface area contributed by atoms with Crippen LogP contribution in [-0.2, 0) is 25.5 Å². The minimum atomic E-state index is -0.757. The fourth-order valence-electron chi connectivity index (χ4n) is 2.66. The lowest BCUT2D eigenvalue weighted by Gasteiger charge is -2.22. The summed E-state index contributed by atoms with van der Waals surface area (Å²) in [6.07, 6.45) is 0.868. The summed E-state index contributed by atoms with van der Waals surface area (Å²) in [6.45, 7) is 7.56. The Balaban J connectivity index is 2.61. The molecule has 0 saturated heterocycles. The number of amides is 2. The van der Waals surface area contributed by atoms with Gasteiger partial charge in [0.1, 0.15) is 11.6 Å². The Labute approximate surface area is 167 Å². The van der Waals surface area contributed by atoms with Crippen LogP contribution in [0.15, 0.2) is 30.3 Å². The molecule has 0 aromatic heterocycles. The standard InChI is InChI=1S/C21H32N2O5/c1-6-16(12-13-22-20(26)28-21(2,3)4)18(24)23-17(19(25)27-5)14-15-10-8-7-9-11-15/h7-11,16-17H,6,12-14H2,1-5H3,(H,22,26)(H,23,24). The zero-order valence-corrected chi connectivity index (χ0v) is 17.4. The maximum Gasteiger partial charge on any atom is 0.407 e. The molecule has 1 aromatic carbocycles. The average Bonchev–Trinajstić information content (AvgIpc) is 2.63. The number of methoxy groups -OCH3 is 1. The van der Waals surface area contributed by atoms with Gasteiger partial charge in [-0.15, -0.1) is 0 Å². The van der Waals surface area contributed by atoms with Crippen molar-refractivity contribution in [2.45, 2.75) is 58.6 Å². The largest absolute Gasteiger partial charge is 0.467 e. The second-order valence-electron chi connectivity index (χ2n) is 7.60. The van der Waals surface area contributed by atoms with Gasteiger partial charge < -0.3 is 20.1 Å². The van der Waals surface area contributed by atoms with Crippen molar-refractivity contribution in [3.63, 3.8) is 0 Å². The van der Waals surface area contributed by atoms with Crippen molar-refractivity contribution >= 4 is 18.0 Å². The fraction of sp³-hybridized carbons (Fsp3) is 0.571. The summed E-state index contributed by atoms with van der Waals surface area (Å²) in [5, 5.41) is 5.44. The van der Waals surface area contributed by atoms with Gasteiger partial charge in [-0.05, 0) is 39.2 Å². The van der Waals surface area contributed by atoms with Crippen LogP contribution in [0.1, 0.15) is 46.1 Å². The Kier molecular flexibility index (Phi) is 9.48. The topological polar surface area (TPSA) is 93.7 Å². The van der Waals surface area contributed by atoms with Crippen molar-refractivity contribution in [1.29, 1.82) is 0 Å². The molecule has 1 rings (SSSR count). The lowest BCUT2D eigenvalue weighted by atomic mass is 9.99. The van der Waals surface area contributed by atoms with E-state index in [1.807, 2.05) is 37.3 Å². The van der Waals surface area contributed by atoms with Crippen LogP contribution in [0.25, 0.3) is 0 Å². The van der Waals surface area contributed by atoms with E-state index in [0.29, 0.717) is 25.8 Å².